The van der Waals surface area contributed by atoms with Crippen LogP contribution in [0.2, 0.25) is 0 Å². The van der Waals surface area contributed by atoms with Gasteiger partial charge in [0.25, 0.3) is 17.6 Å². The van der Waals surface area contributed by atoms with E-state index in [1.54, 1.807) is 6.08 Å². The fourth-order valence-electron chi connectivity index (χ4n) is 4.28. The second-order valence-corrected chi connectivity index (χ2v) is 9.80. The average Bonchev–Trinajstić information content (AvgIpc) is 3.10. The van der Waals surface area contributed by atoms with Gasteiger partial charge in [-0.3, -0.25) is 19.3 Å². The number of carbonyl (C=O) groups is 3. The van der Waals surface area contributed by atoms with E-state index in [1.807, 2.05) is 24.3 Å². The largest absolute Gasteiger partial charge is 0.466 e. The predicted octanol–water partition coefficient (Wildman–Crippen LogP) is 6.60. The summed E-state index contributed by atoms with van der Waals surface area (Å²) in [6, 6.07) is 20.8. The van der Waals surface area contributed by atoms with Crippen LogP contribution < -0.4 is 4.90 Å². The zero-order valence-corrected chi connectivity index (χ0v) is 21.6. The number of carbonyl (C=O) groups excluding carboxylic acids is 3. The molecule has 1 saturated heterocycles. The SMILES string of the molecule is Cc1ccc(N(c2ccc(C=C3SC(=O)N(CCOC=O)C3=O)cc2)c2ccc(C)cc2C)c(C)c1. The first-order chi connectivity index (χ1) is 17.3. The van der Waals surface area contributed by atoms with Crippen LogP contribution in [-0.4, -0.2) is 35.7 Å². The summed E-state index contributed by atoms with van der Waals surface area (Å²) in [5.74, 6) is -0.379. The van der Waals surface area contributed by atoms with Gasteiger partial charge in [-0.1, -0.05) is 47.5 Å². The molecule has 0 N–H and O–H groups in total. The summed E-state index contributed by atoms with van der Waals surface area (Å²) in [5, 5.41) is -0.367. The van der Waals surface area contributed by atoms with Crippen LogP contribution in [0.1, 0.15) is 27.8 Å². The van der Waals surface area contributed by atoms with Crippen molar-refractivity contribution in [1.29, 1.82) is 0 Å². The number of imide groups is 1. The van der Waals surface area contributed by atoms with Crippen molar-refractivity contribution in [3.05, 3.63) is 93.4 Å². The lowest BCUT2D eigenvalue weighted by atomic mass is 10.0. The van der Waals surface area contributed by atoms with E-state index < -0.39 is 0 Å². The molecule has 3 aromatic rings. The molecule has 0 unspecified atom stereocenters. The molecule has 1 aliphatic rings. The maximum atomic E-state index is 12.7. The number of thioether (sulfide) groups is 1. The second-order valence-electron chi connectivity index (χ2n) is 8.81. The van der Waals surface area contributed by atoms with Gasteiger partial charge < -0.3 is 9.64 Å². The summed E-state index contributed by atoms with van der Waals surface area (Å²) in [7, 11) is 0. The molecule has 0 aromatic heterocycles. The minimum absolute atomic E-state index is 0.0177. The lowest BCUT2D eigenvalue weighted by molar-refractivity contribution is -0.131. The van der Waals surface area contributed by atoms with E-state index in [1.165, 1.54) is 22.3 Å². The van der Waals surface area contributed by atoms with Gasteiger partial charge in [-0.25, -0.2) is 0 Å². The molecule has 2 amide bonds. The monoisotopic (exact) mass is 500 g/mol. The van der Waals surface area contributed by atoms with E-state index in [0.717, 1.165) is 39.3 Å². The van der Waals surface area contributed by atoms with Crippen molar-refractivity contribution in [2.45, 2.75) is 27.7 Å². The third kappa shape index (κ3) is 5.36. The smallest absolute Gasteiger partial charge is 0.293 e. The highest BCUT2D eigenvalue weighted by Crippen LogP contribution is 2.39. The number of ether oxygens (including phenoxy) is 1. The van der Waals surface area contributed by atoms with Crippen LogP contribution in [0.5, 0.6) is 0 Å². The molecule has 0 saturated carbocycles. The number of rotatable bonds is 8. The molecule has 3 aromatic carbocycles. The molecule has 36 heavy (non-hydrogen) atoms. The van der Waals surface area contributed by atoms with Crippen molar-refractivity contribution in [1.82, 2.24) is 4.90 Å². The Hall–Kier alpha value is -3.84. The summed E-state index contributed by atoms with van der Waals surface area (Å²) in [5.41, 5.74) is 8.76. The van der Waals surface area contributed by atoms with Crippen LogP contribution >= 0.6 is 11.8 Å². The van der Waals surface area contributed by atoms with Crippen molar-refractivity contribution >= 4 is 52.5 Å². The lowest BCUT2D eigenvalue weighted by Gasteiger charge is -2.29. The molecule has 1 heterocycles. The lowest BCUT2D eigenvalue weighted by Crippen LogP contribution is -2.31. The Labute approximate surface area is 215 Å². The number of benzene rings is 3. The van der Waals surface area contributed by atoms with Gasteiger partial charge in [0.2, 0.25) is 0 Å². The van der Waals surface area contributed by atoms with E-state index in [-0.39, 0.29) is 24.3 Å². The van der Waals surface area contributed by atoms with Gasteiger partial charge in [0, 0.05) is 17.1 Å². The number of hydrogen-bond acceptors (Lipinski definition) is 6. The molecule has 1 aliphatic heterocycles. The van der Waals surface area contributed by atoms with E-state index in [9.17, 15) is 14.4 Å². The number of hydrogen-bond donors (Lipinski definition) is 0. The normalized spacial score (nSPS) is 14.4. The molecule has 7 heteroatoms. The minimum Gasteiger partial charge on any atom is -0.466 e. The van der Waals surface area contributed by atoms with E-state index in [4.69, 9.17) is 0 Å². The van der Waals surface area contributed by atoms with E-state index >= 15 is 0 Å². The molecule has 4 rings (SSSR count). The first-order valence-corrected chi connectivity index (χ1v) is 12.5. The van der Waals surface area contributed by atoms with Crippen molar-refractivity contribution in [3.63, 3.8) is 0 Å². The highest BCUT2D eigenvalue weighted by molar-refractivity contribution is 8.18. The van der Waals surface area contributed by atoms with Gasteiger partial charge in [-0.2, -0.15) is 0 Å². The maximum absolute atomic E-state index is 12.7. The quantitative estimate of drug-likeness (QED) is 0.197. The summed E-state index contributed by atoms with van der Waals surface area (Å²) in [4.78, 5) is 38.9. The maximum Gasteiger partial charge on any atom is 0.293 e. The van der Waals surface area contributed by atoms with Gasteiger partial charge in [0.15, 0.2) is 0 Å². The first-order valence-electron chi connectivity index (χ1n) is 11.6. The molecule has 0 spiro atoms. The molecule has 0 atom stereocenters. The van der Waals surface area contributed by atoms with Crippen molar-refractivity contribution in [2.24, 2.45) is 0 Å². The van der Waals surface area contributed by atoms with Gasteiger partial charge in [0.05, 0.1) is 11.4 Å². The fraction of sp³-hybridized carbons (Fsp3) is 0.207. The van der Waals surface area contributed by atoms with E-state index in [2.05, 4.69) is 73.7 Å². The van der Waals surface area contributed by atoms with Crippen LogP contribution in [0.3, 0.4) is 0 Å². The van der Waals surface area contributed by atoms with Crippen LogP contribution in [0.25, 0.3) is 6.08 Å². The Morgan fingerprint density at radius 2 is 1.44 bits per heavy atom. The van der Waals surface area contributed by atoms with Crippen molar-refractivity contribution in [2.75, 3.05) is 18.1 Å². The Morgan fingerprint density at radius 1 is 0.861 bits per heavy atom. The number of anilines is 3. The standard InChI is InChI=1S/C29H28N2O4S/c1-19-5-11-25(21(3)15-19)31(26-12-6-20(2)16-22(26)4)24-9-7-23(8-10-24)17-27-28(33)30(29(34)36-27)13-14-35-18-32/h5-12,15-18H,13-14H2,1-4H3. The summed E-state index contributed by atoms with van der Waals surface area (Å²) < 4.78 is 4.62. The topological polar surface area (TPSA) is 66.9 Å². The number of aryl methyl sites for hydroxylation is 4. The van der Waals surface area contributed by atoms with Crippen LogP contribution in [-0.2, 0) is 14.3 Å². The Kier molecular flexibility index (Phi) is 7.60. The first kappa shape index (κ1) is 25.3. The molecular weight excluding hydrogens is 472 g/mol. The fourth-order valence-corrected chi connectivity index (χ4v) is 5.14. The highest BCUT2D eigenvalue weighted by atomic mass is 32.2. The molecule has 0 bridgehead atoms. The van der Waals surface area contributed by atoms with Crippen molar-refractivity contribution in [3.8, 4) is 0 Å². The average molecular weight is 501 g/mol. The molecule has 1 fully saturated rings. The number of amides is 2. The molecule has 184 valence electrons. The summed E-state index contributed by atoms with van der Waals surface area (Å²) in [6.45, 7) is 8.73. The Balaban J connectivity index is 1.66. The van der Waals surface area contributed by atoms with Gasteiger partial charge in [0.1, 0.15) is 6.61 Å². The van der Waals surface area contributed by atoms with Crippen molar-refractivity contribution < 1.29 is 19.1 Å². The zero-order valence-electron chi connectivity index (χ0n) is 20.8. The van der Waals surface area contributed by atoms with Gasteiger partial charge in [-0.05, 0) is 86.5 Å². The zero-order chi connectivity index (χ0) is 25.8. The highest BCUT2D eigenvalue weighted by Gasteiger charge is 2.34. The Morgan fingerprint density at radius 3 is 1.97 bits per heavy atom. The minimum atomic E-state index is -0.379. The summed E-state index contributed by atoms with van der Waals surface area (Å²) >= 11 is 0.890. The van der Waals surface area contributed by atoms with Crippen LogP contribution in [0.4, 0.5) is 21.9 Å². The number of nitrogens with zero attached hydrogens (tertiary/aromatic N) is 2. The molecule has 0 aliphatic carbocycles. The van der Waals surface area contributed by atoms with E-state index in [0.29, 0.717) is 11.4 Å². The van der Waals surface area contributed by atoms with Gasteiger partial charge >= 0.3 is 0 Å². The third-order valence-corrected chi connectivity index (χ3v) is 6.92. The van der Waals surface area contributed by atoms with Crippen LogP contribution in [0, 0.1) is 27.7 Å². The predicted molar refractivity (Wildman–Crippen MR) is 145 cm³/mol. The molecule has 6 nitrogen and oxygen atoms in total. The Bertz CT molecular complexity index is 1300. The second kappa shape index (κ2) is 10.8. The third-order valence-electron chi connectivity index (χ3n) is 6.01. The molecular formula is C29H28N2O4S. The molecule has 0 radical (unpaired) electrons. The summed E-state index contributed by atoms with van der Waals surface area (Å²) in [6.07, 6.45) is 1.72. The van der Waals surface area contributed by atoms with Crippen LogP contribution in [0.15, 0.2) is 65.6 Å². The van der Waals surface area contributed by atoms with Gasteiger partial charge in [-0.15, -0.1) is 0 Å².